The Bertz CT molecular complexity index is 732. The first-order chi connectivity index (χ1) is 12.2. The second kappa shape index (κ2) is 8.64. The number of benzene rings is 1. The fourth-order valence-electron chi connectivity index (χ4n) is 2.93. The summed E-state index contributed by atoms with van der Waals surface area (Å²) in [5, 5.41) is 2.90. The van der Waals surface area contributed by atoms with Gasteiger partial charge in [-0.25, -0.2) is 4.79 Å². The maximum atomic E-state index is 12.4. The average Bonchev–Trinajstić information content (AvgIpc) is 3.01. The number of amides is 1. The van der Waals surface area contributed by atoms with Gasteiger partial charge in [0.05, 0.1) is 19.8 Å². The highest BCUT2D eigenvalue weighted by Gasteiger charge is 2.15. The molecule has 0 atom stereocenters. The monoisotopic (exact) mass is 344 g/mol. The molecular weight excluding hydrogens is 320 g/mol. The normalized spacial score (nSPS) is 15.2. The van der Waals surface area contributed by atoms with E-state index in [0.717, 1.165) is 44.8 Å². The second-order valence-electron chi connectivity index (χ2n) is 6.11. The molecule has 1 saturated heterocycles. The molecule has 1 amide bonds. The zero-order valence-electron chi connectivity index (χ0n) is 14.2. The largest absolute Gasteiger partial charge is 0.379 e. The summed E-state index contributed by atoms with van der Waals surface area (Å²) in [4.78, 5) is 29.3. The number of nitrogens with zero attached hydrogens (tertiary/aromatic N) is 2. The lowest BCUT2D eigenvalue weighted by molar-refractivity contribution is 0.0374. The zero-order valence-corrected chi connectivity index (χ0v) is 14.2. The van der Waals surface area contributed by atoms with Crippen LogP contribution in [0.2, 0.25) is 0 Å². The Morgan fingerprint density at radius 3 is 2.72 bits per heavy atom. The first-order valence-electron chi connectivity index (χ1n) is 8.64. The summed E-state index contributed by atoms with van der Waals surface area (Å²) in [5.74, 6) is -0.226. The Hall–Kier alpha value is -2.38. The molecule has 0 saturated carbocycles. The van der Waals surface area contributed by atoms with Gasteiger partial charge in [-0.2, -0.15) is 0 Å². The van der Waals surface area contributed by atoms with Gasteiger partial charge in [0.2, 0.25) is 0 Å². The van der Waals surface area contributed by atoms with Gasteiger partial charge in [0.1, 0.15) is 5.69 Å². The Morgan fingerprint density at radius 1 is 1.20 bits per heavy atom. The van der Waals surface area contributed by atoms with Gasteiger partial charge >= 0.3 is 5.69 Å². The number of carbonyl (C=O) groups is 1. The topological polar surface area (TPSA) is 79.4 Å². The van der Waals surface area contributed by atoms with Gasteiger partial charge in [-0.05, 0) is 18.5 Å². The van der Waals surface area contributed by atoms with Crippen LogP contribution in [0.3, 0.4) is 0 Å². The van der Waals surface area contributed by atoms with Crippen LogP contribution in [-0.2, 0) is 11.3 Å². The fraction of sp³-hybridized carbons (Fsp3) is 0.444. The first kappa shape index (κ1) is 17.4. The van der Waals surface area contributed by atoms with Crippen LogP contribution in [0.1, 0.15) is 22.5 Å². The summed E-state index contributed by atoms with van der Waals surface area (Å²) in [6, 6.07) is 9.62. The van der Waals surface area contributed by atoms with Gasteiger partial charge in [0, 0.05) is 25.8 Å². The van der Waals surface area contributed by atoms with E-state index in [-0.39, 0.29) is 11.6 Å². The highest BCUT2D eigenvalue weighted by molar-refractivity contribution is 5.92. The summed E-state index contributed by atoms with van der Waals surface area (Å²) in [7, 11) is 0. The molecule has 0 bridgehead atoms. The first-order valence-corrected chi connectivity index (χ1v) is 8.64. The van der Waals surface area contributed by atoms with E-state index in [2.05, 4.69) is 15.2 Å². The van der Waals surface area contributed by atoms with Crippen LogP contribution in [0, 0.1) is 0 Å². The van der Waals surface area contributed by atoms with Crippen molar-refractivity contribution in [3.05, 3.63) is 58.3 Å². The highest BCUT2D eigenvalue weighted by Crippen LogP contribution is 2.04. The van der Waals surface area contributed by atoms with Crippen LogP contribution in [0.5, 0.6) is 0 Å². The highest BCUT2D eigenvalue weighted by atomic mass is 16.5. The predicted molar refractivity (Wildman–Crippen MR) is 94.8 cm³/mol. The zero-order chi connectivity index (χ0) is 17.5. The standard InChI is InChI=1S/C18H24N4O3/c23-17(19-7-4-8-21-9-11-25-12-10-21)16-13-20-18(24)22(16)14-15-5-2-1-3-6-15/h1-3,5-6,13H,4,7-12,14H2,(H,19,23)(H,20,24). The predicted octanol–water partition coefficient (Wildman–Crippen LogP) is 0.677. The fourth-order valence-corrected chi connectivity index (χ4v) is 2.93. The molecule has 1 aromatic carbocycles. The van der Waals surface area contributed by atoms with Crippen molar-refractivity contribution in [2.45, 2.75) is 13.0 Å². The molecular formula is C18H24N4O3. The van der Waals surface area contributed by atoms with Crippen LogP contribution in [0.4, 0.5) is 0 Å². The van der Waals surface area contributed by atoms with Crippen LogP contribution in [0.15, 0.2) is 41.3 Å². The third-order valence-electron chi connectivity index (χ3n) is 4.32. The summed E-state index contributed by atoms with van der Waals surface area (Å²) >= 11 is 0. The third-order valence-corrected chi connectivity index (χ3v) is 4.32. The summed E-state index contributed by atoms with van der Waals surface area (Å²) < 4.78 is 6.78. The number of nitrogens with one attached hydrogen (secondary N) is 2. The van der Waals surface area contributed by atoms with Crippen LogP contribution in [-0.4, -0.2) is 59.8 Å². The number of hydrogen-bond acceptors (Lipinski definition) is 4. The molecule has 1 aromatic heterocycles. The molecule has 0 unspecified atom stereocenters. The smallest absolute Gasteiger partial charge is 0.326 e. The minimum Gasteiger partial charge on any atom is -0.379 e. The maximum Gasteiger partial charge on any atom is 0.326 e. The maximum absolute atomic E-state index is 12.4. The Kier molecular flexibility index (Phi) is 6.03. The Morgan fingerprint density at radius 2 is 1.96 bits per heavy atom. The van der Waals surface area contributed by atoms with E-state index in [9.17, 15) is 9.59 Å². The molecule has 0 aliphatic carbocycles. The molecule has 2 aromatic rings. The van der Waals surface area contributed by atoms with Crippen molar-refractivity contribution in [2.24, 2.45) is 0 Å². The molecule has 3 rings (SSSR count). The molecule has 7 nitrogen and oxygen atoms in total. The van der Waals surface area contributed by atoms with Gasteiger partial charge < -0.3 is 15.0 Å². The van der Waals surface area contributed by atoms with Gasteiger partial charge in [-0.3, -0.25) is 14.3 Å². The molecule has 7 heteroatoms. The SMILES string of the molecule is O=C(NCCCN1CCOCC1)c1c[nH]c(=O)n1Cc1ccccc1. The number of morpholine rings is 1. The molecule has 1 aliphatic heterocycles. The van der Waals surface area contributed by atoms with Crippen molar-refractivity contribution in [1.82, 2.24) is 19.8 Å². The van der Waals surface area contributed by atoms with Crippen molar-refractivity contribution in [1.29, 1.82) is 0 Å². The lowest BCUT2D eigenvalue weighted by Gasteiger charge is -2.26. The number of aromatic amines is 1. The van der Waals surface area contributed by atoms with E-state index >= 15 is 0 Å². The molecule has 25 heavy (non-hydrogen) atoms. The summed E-state index contributed by atoms with van der Waals surface area (Å²) in [5.41, 5.74) is 1.06. The van der Waals surface area contributed by atoms with E-state index in [0.29, 0.717) is 18.8 Å². The minimum absolute atomic E-state index is 0.226. The number of hydrogen-bond donors (Lipinski definition) is 2. The number of carbonyl (C=O) groups excluding carboxylic acids is 1. The number of imidazole rings is 1. The molecule has 0 spiro atoms. The van der Waals surface area contributed by atoms with Gasteiger partial charge in [-0.1, -0.05) is 30.3 Å². The van der Waals surface area contributed by atoms with Crippen molar-refractivity contribution in [2.75, 3.05) is 39.4 Å². The number of aromatic nitrogens is 2. The van der Waals surface area contributed by atoms with E-state index in [4.69, 9.17) is 4.74 Å². The molecule has 1 fully saturated rings. The van der Waals surface area contributed by atoms with Gasteiger partial charge in [-0.15, -0.1) is 0 Å². The van der Waals surface area contributed by atoms with Crippen LogP contribution >= 0.6 is 0 Å². The molecule has 1 aliphatic rings. The lowest BCUT2D eigenvalue weighted by atomic mass is 10.2. The molecule has 2 N–H and O–H groups in total. The average molecular weight is 344 g/mol. The van der Waals surface area contributed by atoms with Crippen LogP contribution in [0.25, 0.3) is 0 Å². The number of ether oxygens (including phenoxy) is 1. The van der Waals surface area contributed by atoms with E-state index in [1.165, 1.54) is 10.8 Å². The number of H-pyrrole nitrogens is 1. The lowest BCUT2D eigenvalue weighted by Crippen LogP contribution is -2.38. The van der Waals surface area contributed by atoms with Crippen LogP contribution < -0.4 is 11.0 Å². The quantitative estimate of drug-likeness (QED) is 0.724. The van der Waals surface area contributed by atoms with Gasteiger partial charge in [0.15, 0.2) is 0 Å². The Balaban J connectivity index is 1.52. The van der Waals surface area contributed by atoms with Gasteiger partial charge in [0.25, 0.3) is 5.91 Å². The van der Waals surface area contributed by atoms with Crippen molar-refractivity contribution < 1.29 is 9.53 Å². The molecule has 2 heterocycles. The van der Waals surface area contributed by atoms with E-state index in [1.807, 2.05) is 30.3 Å². The van der Waals surface area contributed by atoms with Crippen molar-refractivity contribution in [3.63, 3.8) is 0 Å². The molecule has 0 radical (unpaired) electrons. The minimum atomic E-state index is -0.276. The second-order valence-corrected chi connectivity index (χ2v) is 6.11. The van der Waals surface area contributed by atoms with E-state index in [1.54, 1.807) is 0 Å². The summed E-state index contributed by atoms with van der Waals surface area (Å²) in [6.07, 6.45) is 2.35. The molecule has 134 valence electrons. The summed E-state index contributed by atoms with van der Waals surface area (Å²) in [6.45, 7) is 5.35. The number of rotatable bonds is 7. The van der Waals surface area contributed by atoms with E-state index < -0.39 is 0 Å². The Labute approximate surface area is 146 Å². The third kappa shape index (κ3) is 4.80. The van der Waals surface area contributed by atoms with Crippen molar-refractivity contribution >= 4 is 5.91 Å². The van der Waals surface area contributed by atoms with Crippen molar-refractivity contribution in [3.8, 4) is 0 Å².